The van der Waals surface area contributed by atoms with Crippen LogP contribution in [0.5, 0.6) is 0 Å². The van der Waals surface area contributed by atoms with Crippen molar-refractivity contribution in [2.24, 2.45) is 0 Å². The summed E-state index contributed by atoms with van der Waals surface area (Å²) in [6, 6.07) is 1.59. The van der Waals surface area contributed by atoms with E-state index in [0.717, 1.165) is 5.57 Å². The molecule has 16 heavy (non-hydrogen) atoms. The van der Waals surface area contributed by atoms with Crippen molar-refractivity contribution >= 4 is 11.6 Å². The number of carbonyl (C=O) groups is 1. The highest BCUT2D eigenvalue weighted by molar-refractivity contribution is 5.93. The number of rotatable bonds is 6. The summed E-state index contributed by atoms with van der Waals surface area (Å²) >= 11 is 0. The van der Waals surface area contributed by atoms with Crippen molar-refractivity contribution in [1.29, 1.82) is 0 Å². The predicted molar refractivity (Wildman–Crippen MR) is 63.2 cm³/mol. The summed E-state index contributed by atoms with van der Waals surface area (Å²) < 4.78 is 5.24. The smallest absolute Gasteiger partial charge is 0.267 e. The lowest BCUT2D eigenvalue weighted by molar-refractivity contribution is 0.0922. The zero-order valence-electron chi connectivity index (χ0n) is 9.38. The van der Waals surface area contributed by atoms with E-state index in [9.17, 15) is 4.79 Å². The number of carbonyl (C=O) groups excluding carboxylic acids is 1. The molecule has 5 nitrogen and oxygen atoms in total. The number of H-pyrrole nitrogens is 1. The molecule has 1 heterocycles. The van der Waals surface area contributed by atoms with E-state index in [1.807, 2.05) is 6.92 Å². The van der Waals surface area contributed by atoms with Crippen LogP contribution in [-0.2, 0) is 4.74 Å². The molecule has 5 heteroatoms. The van der Waals surface area contributed by atoms with E-state index in [4.69, 9.17) is 10.5 Å². The zero-order chi connectivity index (χ0) is 12.0. The van der Waals surface area contributed by atoms with Gasteiger partial charge in [-0.25, -0.2) is 0 Å². The largest absolute Gasteiger partial charge is 0.397 e. The van der Waals surface area contributed by atoms with Crippen LogP contribution < -0.4 is 11.1 Å². The fourth-order valence-corrected chi connectivity index (χ4v) is 1.12. The molecule has 88 valence electrons. The fourth-order valence-electron chi connectivity index (χ4n) is 1.12. The van der Waals surface area contributed by atoms with E-state index in [2.05, 4.69) is 16.9 Å². The topological polar surface area (TPSA) is 80.1 Å². The van der Waals surface area contributed by atoms with Crippen LogP contribution in [0.15, 0.2) is 24.4 Å². The molecule has 0 radical (unpaired) electrons. The van der Waals surface area contributed by atoms with E-state index in [1.54, 1.807) is 12.3 Å². The maximum Gasteiger partial charge on any atom is 0.267 e. The van der Waals surface area contributed by atoms with Gasteiger partial charge in [0.1, 0.15) is 5.69 Å². The van der Waals surface area contributed by atoms with E-state index in [1.165, 1.54) is 0 Å². The molecule has 0 unspecified atom stereocenters. The standard InChI is InChI=1S/C11H17N3O2/c1-8(2)7-16-4-3-13-11(15)10-5-9(12)6-14-10/h5-6,14H,1,3-4,7,12H2,2H3,(H,13,15). The van der Waals surface area contributed by atoms with Crippen molar-refractivity contribution in [2.75, 3.05) is 25.5 Å². The first-order chi connectivity index (χ1) is 7.59. The first-order valence-corrected chi connectivity index (χ1v) is 5.04. The highest BCUT2D eigenvalue weighted by Gasteiger charge is 2.05. The minimum Gasteiger partial charge on any atom is -0.397 e. The molecule has 0 atom stereocenters. The molecule has 4 N–H and O–H groups in total. The minimum atomic E-state index is -0.185. The third kappa shape index (κ3) is 4.18. The number of hydrogen-bond acceptors (Lipinski definition) is 3. The summed E-state index contributed by atoms with van der Waals surface area (Å²) in [6.07, 6.45) is 1.58. The molecule has 0 aromatic carbocycles. The Kier molecular flexibility index (Phi) is 4.60. The molecule has 0 aliphatic carbocycles. The third-order valence-corrected chi connectivity index (χ3v) is 1.83. The summed E-state index contributed by atoms with van der Waals surface area (Å²) in [6.45, 7) is 7.05. The van der Waals surface area contributed by atoms with Crippen molar-refractivity contribution in [3.05, 3.63) is 30.1 Å². The summed E-state index contributed by atoms with van der Waals surface area (Å²) in [5, 5.41) is 2.71. The second-order valence-corrected chi connectivity index (χ2v) is 3.61. The van der Waals surface area contributed by atoms with Gasteiger partial charge in [-0.1, -0.05) is 12.2 Å². The van der Waals surface area contributed by atoms with Crippen LogP contribution in [0.2, 0.25) is 0 Å². The molecule has 0 fully saturated rings. The maximum absolute atomic E-state index is 11.5. The van der Waals surface area contributed by atoms with Gasteiger partial charge in [0.25, 0.3) is 5.91 Å². The Bertz CT molecular complexity index is 371. The van der Waals surface area contributed by atoms with Crippen LogP contribution in [0.4, 0.5) is 5.69 Å². The summed E-state index contributed by atoms with van der Waals surface area (Å²) in [5.41, 5.74) is 7.44. The van der Waals surface area contributed by atoms with Gasteiger partial charge in [-0.3, -0.25) is 4.79 Å². The summed E-state index contributed by atoms with van der Waals surface area (Å²) in [7, 11) is 0. The van der Waals surface area contributed by atoms with Crippen molar-refractivity contribution in [2.45, 2.75) is 6.92 Å². The van der Waals surface area contributed by atoms with Crippen LogP contribution in [0.3, 0.4) is 0 Å². The summed E-state index contributed by atoms with van der Waals surface area (Å²) in [5.74, 6) is -0.185. The lowest BCUT2D eigenvalue weighted by atomic mass is 10.4. The number of ether oxygens (including phenoxy) is 1. The number of nitrogens with one attached hydrogen (secondary N) is 2. The SMILES string of the molecule is C=C(C)COCCNC(=O)c1cc(N)c[nH]1. The Morgan fingerprint density at radius 1 is 1.69 bits per heavy atom. The van der Waals surface area contributed by atoms with Crippen LogP contribution in [0.25, 0.3) is 0 Å². The Morgan fingerprint density at radius 2 is 2.44 bits per heavy atom. The molecule has 1 rings (SSSR count). The third-order valence-electron chi connectivity index (χ3n) is 1.83. The zero-order valence-corrected chi connectivity index (χ0v) is 9.38. The Labute approximate surface area is 94.7 Å². The number of aromatic nitrogens is 1. The Hall–Kier alpha value is -1.75. The maximum atomic E-state index is 11.5. The molecule has 1 aromatic heterocycles. The number of hydrogen-bond donors (Lipinski definition) is 3. The summed E-state index contributed by atoms with van der Waals surface area (Å²) in [4.78, 5) is 14.3. The number of nitrogen functional groups attached to an aromatic ring is 1. The van der Waals surface area contributed by atoms with Crippen LogP contribution in [-0.4, -0.2) is 30.6 Å². The molecular weight excluding hydrogens is 206 g/mol. The van der Waals surface area contributed by atoms with E-state index in [-0.39, 0.29) is 5.91 Å². The molecule has 0 saturated heterocycles. The van der Waals surface area contributed by atoms with Crippen molar-refractivity contribution < 1.29 is 9.53 Å². The monoisotopic (exact) mass is 223 g/mol. The lowest BCUT2D eigenvalue weighted by Crippen LogP contribution is -2.27. The minimum absolute atomic E-state index is 0.185. The van der Waals surface area contributed by atoms with Gasteiger partial charge >= 0.3 is 0 Å². The highest BCUT2D eigenvalue weighted by atomic mass is 16.5. The van der Waals surface area contributed by atoms with Gasteiger partial charge in [0.2, 0.25) is 0 Å². The van der Waals surface area contributed by atoms with Gasteiger partial charge in [0, 0.05) is 18.4 Å². The quantitative estimate of drug-likeness (QED) is 0.495. The number of anilines is 1. The van der Waals surface area contributed by atoms with E-state index >= 15 is 0 Å². The van der Waals surface area contributed by atoms with Crippen molar-refractivity contribution in [3.8, 4) is 0 Å². The Balaban J connectivity index is 2.18. The molecule has 0 aliphatic heterocycles. The first kappa shape index (κ1) is 12.3. The molecule has 0 bridgehead atoms. The average Bonchev–Trinajstić information content (AvgIpc) is 2.63. The second-order valence-electron chi connectivity index (χ2n) is 3.61. The second kappa shape index (κ2) is 5.97. The Morgan fingerprint density at radius 3 is 3.00 bits per heavy atom. The molecule has 0 aliphatic rings. The van der Waals surface area contributed by atoms with Gasteiger partial charge in [-0.05, 0) is 13.0 Å². The van der Waals surface area contributed by atoms with Crippen molar-refractivity contribution in [1.82, 2.24) is 10.3 Å². The van der Waals surface area contributed by atoms with E-state index < -0.39 is 0 Å². The van der Waals surface area contributed by atoms with Crippen LogP contribution in [0.1, 0.15) is 17.4 Å². The number of amides is 1. The van der Waals surface area contributed by atoms with Gasteiger partial charge in [0.15, 0.2) is 0 Å². The van der Waals surface area contributed by atoms with Gasteiger partial charge in [0.05, 0.1) is 13.2 Å². The first-order valence-electron chi connectivity index (χ1n) is 5.04. The fraction of sp³-hybridized carbons (Fsp3) is 0.364. The van der Waals surface area contributed by atoms with Crippen LogP contribution in [0, 0.1) is 0 Å². The molecule has 1 aromatic rings. The van der Waals surface area contributed by atoms with Crippen molar-refractivity contribution in [3.63, 3.8) is 0 Å². The van der Waals surface area contributed by atoms with Gasteiger partial charge in [-0.15, -0.1) is 0 Å². The van der Waals surface area contributed by atoms with Crippen LogP contribution >= 0.6 is 0 Å². The molecule has 0 spiro atoms. The predicted octanol–water partition coefficient (Wildman–Crippen LogP) is 0.919. The molecular formula is C11H17N3O2. The van der Waals surface area contributed by atoms with E-state index in [0.29, 0.717) is 31.1 Å². The van der Waals surface area contributed by atoms with Gasteiger partial charge in [-0.2, -0.15) is 0 Å². The molecule has 1 amide bonds. The lowest BCUT2D eigenvalue weighted by Gasteiger charge is -2.05. The average molecular weight is 223 g/mol. The normalized spacial score (nSPS) is 10.1. The molecule has 0 saturated carbocycles. The number of nitrogens with two attached hydrogens (primary N) is 1. The highest BCUT2D eigenvalue weighted by Crippen LogP contribution is 2.03. The number of aromatic amines is 1. The van der Waals surface area contributed by atoms with Gasteiger partial charge < -0.3 is 20.8 Å².